The van der Waals surface area contributed by atoms with Crippen LogP contribution in [0.5, 0.6) is 0 Å². The third-order valence-corrected chi connectivity index (χ3v) is 4.79. The number of carbonyl (C=O) groups is 1. The van der Waals surface area contributed by atoms with Crippen LogP contribution in [0.15, 0.2) is 47.2 Å². The van der Waals surface area contributed by atoms with E-state index in [1.54, 1.807) is 24.5 Å². The van der Waals surface area contributed by atoms with Gasteiger partial charge in [-0.3, -0.25) is 4.98 Å². The summed E-state index contributed by atoms with van der Waals surface area (Å²) >= 11 is 0. The molecule has 0 unspecified atom stereocenters. The number of carbonyl (C=O) groups excluding carboxylic acids is 1. The predicted octanol–water partition coefficient (Wildman–Crippen LogP) is 3.68. The number of halogens is 2. The van der Waals surface area contributed by atoms with Crippen LogP contribution >= 0.6 is 0 Å². The zero-order valence-electron chi connectivity index (χ0n) is 15.0. The fourth-order valence-electron chi connectivity index (χ4n) is 3.26. The zero-order valence-corrected chi connectivity index (χ0v) is 15.0. The van der Waals surface area contributed by atoms with Crippen molar-refractivity contribution in [3.8, 4) is 11.4 Å². The van der Waals surface area contributed by atoms with Crippen molar-refractivity contribution in [1.82, 2.24) is 20.0 Å². The normalized spacial score (nSPS) is 19.0. The quantitative estimate of drug-likeness (QED) is 0.744. The molecule has 9 heteroatoms. The summed E-state index contributed by atoms with van der Waals surface area (Å²) in [6, 6.07) is 6.39. The lowest BCUT2D eigenvalue weighted by Crippen LogP contribution is -2.33. The van der Waals surface area contributed by atoms with Gasteiger partial charge in [0.25, 0.3) is 0 Å². The Kier molecular flexibility index (Phi) is 4.72. The topological polar surface area (TPSA) is 84.2 Å². The smallest absolute Gasteiger partial charge is 0.322 e. The van der Waals surface area contributed by atoms with Gasteiger partial charge in [0.15, 0.2) is 0 Å². The van der Waals surface area contributed by atoms with Gasteiger partial charge in [-0.15, -0.1) is 0 Å². The number of urea groups is 1. The Morgan fingerprint density at radius 2 is 1.89 bits per heavy atom. The van der Waals surface area contributed by atoms with Crippen LogP contribution in [0.3, 0.4) is 0 Å². The second kappa shape index (κ2) is 7.34. The summed E-state index contributed by atoms with van der Waals surface area (Å²) in [4.78, 5) is 22.3. The minimum Gasteiger partial charge on any atom is -0.339 e. The first-order valence-corrected chi connectivity index (χ1v) is 8.77. The van der Waals surface area contributed by atoms with E-state index in [0.717, 1.165) is 17.7 Å². The van der Waals surface area contributed by atoms with Crippen molar-refractivity contribution >= 4 is 11.7 Å². The molecule has 2 aromatic heterocycles. The molecule has 0 radical (unpaired) electrons. The molecular formula is C19H17F2N5O2. The van der Waals surface area contributed by atoms with Crippen LogP contribution in [0.25, 0.3) is 11.4 Å². The molecule has 0 saturated carbocycles. The molecule has 1 N–H and O–H groups in total. The van der Waals surface area contributed by atoms with Crippen molar-refractivity contribution in [2.45, 2.75) is 12.8 Å². The van der Waals surface area contributed by atoms with Crippen LogP contribution in [0.2, 0.25) is 0 Å². The number of pyridine rings is 1. The van der Waals surface area contributed by atoms with E-state index in [-0.39, 0.29) is 11.8 Å². The zero-order chi connectivity index (χ0) is 19.7. The molecule has 0 aliphatic carbocycles. The molecule has 144 valence electrons. The summed E-state index contributed by atoms with van der Waals surface area (Å²) in [6.07, 6.45) is 3.27. The molecule has 4 rings (SSSR count). The summed E-state index contributed by atoms with van der Waals surface area (Å²) in [6.45, 7) is 2.67. The van der Waals surface area contributed by atoms with Gasteiger partial charge in [-0.25, -0.2) is 13.6 Å². The number of benzene rings is 1. The summed E-state index contributed by atoms with van der Waals surface area (Å²) in [5, 5.41) is 6.30. The second-order valence-corrected chi connectivity index (χ2v) is 6.71. The number of likely N-dealkylation sites (tertiary alicyclic amines) is 1. The molecule has 1 aromatic carbocycles. The van der Waals surface area contributed by atoms with Gasteiger partial charge in [0.1, 0.15) is 17.3 Å². The fraction of sp³-hybridized carbons (Fsp3) is 0.263. The molecule has 0 bridgehead atoms. The Morgan fingerprint density at radius 1 is 1.18 bits per heavy atom. The van der Waals surface area contributed by atoms with Crippen molar-refractivity contribution in [3.05, 3.63) is 60.3 Å². The maximum absolute atomic E-state index is 13.8. The molecule has 28 heavy (non-hydrogen) atoms. The van der Waals surface area contributed by atoms with Crippen LogP contribution in [0.4, 0.5) is 19.3 Å². The molecule has 2 atom stereocenters. The first-order chi connectivity index (χ1) is 13.5. The number of nitrogens with one attached hydrogen (secondary N) is 1. The molecule has 2 amide bonds. The molecule has 3 heterocycles. The standard InChI is InChI=1S/C19H17F2N5O2/c1-11-9-26(19(27)23-16-14(20)3-2-4-15(16)21)10-13(11)18-24-17(25-28-18)12-5-7-22-8-6-12/h2-8,11,13H,9-10H2,1H3,(H,23,27)/t11-,13-/m0/s1. The van der Waals surface area contributed by atoms with E-state index in [4.69, 9.17) is 4.52 Å². The molecule has 3 aromatic rings. The van der Waals surface area contributed by atoms with Gasteiger partial charge in [-0.2, -0.15) is 4.98 Å². The lowest BCUT2D eigenvalue weighted by Gasteiger charge is -2.17. The minimum atomic E-state index is -0.823. The lowest BCUT2D eigenvalue weighted by molar-refractivity contribution is 0.220. The predicted molar refractivity (Wildman–Crippen MR) is 96.4 cm³/mol. The van der Waals surface area contributed by atoms with E-state index in [1.807, 2.05) is 6.92 Å². The van der Waals surface area contributed by atoms with Crippen LogP contribution in [-0.4, -0.2) is 39.1 Å². The highest BCUT2D eigenvalue weighted by Gasteiger charge is 2.37. The average Bonchev–Trinajstić information content (AvgIpc) is 3.32. The number of nitrogens with zero attached hydrogens (tertiary/aromatic N) is 4. The third kappa shape index (κ3) is 3.42. The Morgan fingerprint density at radius 3 is 2.61 bits per heavy atom. The number of para-hydroxylation sites is 1. The Bertz CT molecular complexity index is 975. The minimum absolute atomic E-state index is 0.0435. The molecular weight excluding hydrogens is 368 g/mol. The highest BCUT2D eigenvalue weighted by Crippen LogP contribution is 2.33. The van der Waals surface area contributed by atoms with E-state index in [2.05, 4.69) is 20.4 Å². The first kappa shape index (κ1) is 18.0. The Balaban J connectivity index is 1.48. The maximum Gasteiger partial charge on any atom is 0.322 e. The van der Waals surface area contributed by atoms with Crippen molar-refractivity contribution in [2.75, 3.05) is 18.4 Å². The van der Waals surface area contributed by atoms with Crippen LogP contribution in [-0.2, 0) is 0 Å². The van der Waals surface area contributed by atoms with E-state index < -0.39 is 23.4 Å². The van der Waals surface area contributed by atoms with Gasteiger partial charge in [-0.1, -0.05) is 18.1 Å². The van der Waals surface area contributed by atoms with E-state index in [1.165, 1.54) is 11.0 Å². The molecule has 1 aliphatic heterocycles. The highest BCUT2D eigenvalue weighted by molar-refractivity contribution is 5.89. The van der Waals surface area contributed by atoms with Crippen LogP contribution < -0.4 is 5.32 Å². The lowest BCUT2D eigenvalue weighted by atomic mass is 9.98. The van der Waals surface area contributed by atoms with Crippen LogP contribution in [0.1, 0.15) is 18.7 Å². The molecule has 7 nitrogen and oxygen atoms in total. The van der Waals surface area contributed by atoms with Crippen LogP contribution in [0, 0.1) is 17.6 Å². The van der Waals surface area contributed by atoms with E-state index in [9.17, 15) is 13.6 Å². The number of rotatable bonds is 3. The number of hydrogen-bond donors (Lipinski definition) is 1. The SMILES string of the molecule is C[C@H]1CN(C(=O)Nc2c(F)cccc2F)C[C@@H]1c1nc(-c2ccncc2)no1. The maximum atomic E-state index is 13.8. The number of anilines is 1. The van der Waals surface area contributed by atoms with Gasteiger partial charge in [-0.05, 0) is 30.2 Å². The van der Waals surface area contributed by atoms with E-state index in [0.29, 0.717) is 24.8 Å². The van der Waals surface area contributed by atoms with Crippen molar-refractivity contribution in [2.24, 2.45) is 5.92 Å². The first-order valence-electron chi connectivity index (χ1n) is 8.77. The molecule has 1 fully saturated rings. The molecule has 1 saturated heterocycles. The summed E-state index contributed by atoms with van der Waals surface area (Å²) in [5.41, 5.74) is 0.321. The highest BCUT2D eigenvalue weighted by atomic mass is 19.1. The number of aromatic nitrogens is 3. The summed E-state index contributed by atoms with van der Waals surface area (Å²) in [5.74, 6) is -0.902. The van der Waals surface area contributed by atoms with E-state index >= 15 is 0 Å². The monoisotopic (exact) mass is 385 g/mol. The average molecular weight is 385 g/mol. The largest absolute Gasteiger partial charge is 0.339 e. The number of amides is 2. The summed E-state index contributed by atoms with van der Waals surface area (Å²) < 4.78 is 32.9. The molecule has 0 spiro atoms. The number of hydrogen-bond acceptors (Lipinski definition) is 5. The van der Waals surface area contributed by atoms with Crippen molar-refractivity contribution < 1.29 is 18.1 Å². The van der Waals surface area contributed by atoms with Crippen molar-refractivity contribution in [1.29, 1.82) is 0 Å². The summed E-state index contributed by atoms with van der Waals surface area (Å²) in [7, 11) is 0. The fourth-order valence-corrected chi connectivity index (χ4v) is 3.26. The Labute approximate surface area is 159 Å². The molecule has 1 aliphatic rings. The van der Waals surface area contributed by atoms with Gasteiger partial charge < -0.3 is 14.7 Å². The van der Waals surface area contributed by atoms with Gasteiger partial charge in [0, 0.05) is 31.0 Å². The second-order valence-electron chi connectivity index (χ2n) is 6.71. The van der Waals surface area contributed by atoms with Gasteiger partial charge in [0.05, 0.1) is 5.92 Å². The van der Waals surface area contributed by atoms with Gasteiger partial charge in [0.2, 0.25) is 11.7 Å². The Hall–Kier alpha value is -3.36. The van der Waals surface area contributed by atoms with Gasteiger partial charge >= 0.3 is 6.03 Å². The third-order valence-electron chi connectivity index (χ3n) is 4.79. The van der Waals surface area contributed by atoms with Crippen molar-refractivity contribution in [3.63, 3.8) is 0 Å².